The van der Waals surface area contributed by atoms with Crippen LogP contribution in [0.25, 0.3) is 0 Å². The Morgan fingerprint density at radius 1 is 1.33 bits per heavy atom. The zero-order chi connectivity index (χ0) is 13.0. The summed E-state index contributed by atoms with van der Waals surface area (Å²) in [5, 5.41) is 11.9. The summed E-state index contributed by atoms with van der Waals surface area (Å²) in [6, 6.07) is 9.75. The summed E-state index contributed by atoms with van der Waals surface area (Å²) in [6.45, 7) is 2.72. The molecular weight excluding hydrogens is 292 g/mol. The number of halogens is 1. The van der Waals surface area contributed by atoms with E-state index in [0.29, 0.717) is 18.1 Å². The van der Waals surface area contributed by atoms with Gasteiger partial charge in [0.1, 0.15) is 23.9 Å². The van der Waals surface area contributed by atoms with Crippen LogP contribution in [0, 0.1) is 18.3 Å². The first-order chi connectivity index (χ1) is 8.69. The minimum absolute atomic E-state index is 0.360. The highest BCUT2D eigenvalue weighted by molar-refractivity contribution is 9.10. The molecule has 18 heavy (non-hydrogen) atoms. The van der Waals surface area contributed by atoms with Crippen molar-refractivity contribution in [1.29, 1.82) is 5.26 Å². The molecule has 0 aliphatic heterocycles. The third-order valence-electron chi connectivity index (χ3n) is 2.55. The van der Waals surface area contributed by atoms with Crippen molar-refractivity contribution >= 4 is 21.7 Å². The van der Waals surface area contributed by atoms with E-state index in [1.54, 1.807) is 6.07 Å². The molecule has 0 atom stereocenters. The molecule has 0 aliphatic rings. The normalized spacial score (nSPS) is 9.83. The van der Waals surface area contributed by atoms with Crippen molar-refractivity contribution in [3.63, 3.8) is 0 Å². The van der Waals surface area contributed by atoms with Crippen molar-refractivity contribution in [3.05, 3.63) is 51.9 Å². The number of hydrogen-bond donors (Lipinski definition) is 1. The van der Waals surface area contributed by atoms with E-state index >= 15 is 0 Å². The fourth-order valence-electron chi connectivity index (χ4n) is 1.53. The van der Waals surface area contributed by atoms with E-state index in [1.165, 1.54) is 17.5 Å². The predicted molar refractivity (Wildman–Crippen MR) is 73.0 cm³/mol. The van der Waals surface area contributed by atoms with Crippen molar-refractivity contribution in [2.45, 2.75) is 13.5 Å². The van der Waals surface area contributed by atoms with E-state index in [2.05, 4.69) is 50.3 Å². The summed E-state index contributed by atoms with van der Waals surface area (Å²) >= 11 is 3.45. The lowest BCUT2D eigenvalue weighted by molar-refractivity contribution is 1.06. The molecule has 5 heteroatoms. The third-order valence-corrected chi connectivity index (χ3v) is 3.05. The van der Waals surface area contributed by atoms with Crippen LogP contribution >= 0.6 is 15.9 Å². The predicted octanol–water partition coefficient (Wildman–Crippen LogP) is 3.03. The summed E-state index contributed by atoms with van der Waals surface area (Å²) in [5.41, 5.74) is 2.75. The van der Waals surface area contributed by atoms with Crippen molar-refractivity contribution in [1.82, 2.24) is 9.97 Å². The monoisotopic (exact) mass is 302 g/mol. The maximum Gasteiger partial charge on any atom is 0.145 e. The molecule has 2 aromatic rings. The first-order valence-corrected chi connectivity index (χ1v) is 6.19. The number of nitrogens with zero attached hydrogens (tertiary/aromatic N) is 3. The highest BCUT2D eigenvalue weighted by Gasteiger charge is 2.01. The number of rotatable bonds is 3. The number of nitrogens with one attached hydrogen (secondary N) is 1. The minimum Gasteiger partial charge on any atom is -0.366 e. The second kappa shape index (κ2) is 5.61. The molecule has 4 nitrogen and oxygen atoms in total. The maximum atomic E-state index is 8.75. The lowest BCUT2D eigenvalue weighted by Gasteiger charge is -2.08. The Morgan fingerprint density at radius 2 is 2.17 bits per heavy atom. The summed E-state index contributed by atoms with van der Waals surface area (Å²) < 4.78 is 1.05. The van der Waals surface area contributed by atoms with Crippen molar-refractivity contribution < 1.29 is 0 Å². The van der Waals surface area contributed by atoms with Gasteiger partial charge in [0.05, 0.1) is 0 Å². The molecule has 0 bridgehead atoms. The van der Waals surface area contributed by atoms with Gasteiger partial charge >= 0.3 is 0 Å². The second-order valence-corrected chi connectivity index (χ2v) is 4.74. The number of nitriles is 1. The van der Waals surface area contributed by atoms with E-state index in [-0.39, 0.29) is 0 Å². The molecule has 1 aromatic heterocycles. The largest absolute Gasteiger partial charge is 0.366 e. The standard InChI is InChI=1S/C13H11BrN4/c1-9-2-3-11(14)4-10(9)7-16-13-5-12(6-15)17-8-18-13/h2-5,8H,7H2,1H3,(H,16,17,18). The molecule has 90 valence electrons. The molecule has 0 unspecified atom stereocenters. The van der Waals surface area contributed by atoms with Gasteiger partial charge in [0.15, 0.2) is 0 Å². The molecule has 1 heterocycles. The van der Waals surface area contributed by atoms with Crippen LogP contribution in [0.5, 0.6) is 0 Å². The van der Waals surface area contributed by atoms with E-state index in [0.717, 1.165) is 4.47 Å². The Morgan fingerprint density at radius 3 is 2.94 bits per heavy atom. The van der Waals surface area contributed by atoms with Gasteiger partial charge in [-0.2, -0.15) is 5.26 Å². The van der Waals surface area contributed by atoms with Crippen LogP contribution in [-0.2, 0) is 6.54 Å². The number of hydrogen-bond acceptors (Lipinski definition) is 4. The number of aromatic nitrogens is 2. The molecule has 2 rings (SSSR count). The van der Waals surface area contributed by atoms with Gasteiger partial charge in [0, 0.05) is 17.1 Å². The number of benzene rings is 1. The Hall–Kier alpha value is -1.93. The van der Waals surface area contributed by atoms with Gasteiger partial charge in [-0.05, 0) is 30.2 Å². The first-order valence-electron chi connectivity index (χ1n) is 5.40. The van der Waals surface area contributed by atoms with Gasteiger partial charge in [0.2, 0.25) is 0 Å². The van der Waals surface area contributed by atoms with Gasteiger partial charge in [-0.1, -0.05) is 22.0 Å². The van der Waals surface area contributed by atoms with Gasteiger partial charge < -0.3 is 5.32 Å². The average Bonchev–Trinajstić information content (AvgIpc) is 2.40. The molecule has 0 radical (unpaired) electrons. The van der Waals surface area contributed by atoms with E-state index in [9.17, 15) is 0 Å². The molecular formula is C13H11BrN4. The van der Waals surface area contributed by atoms with Crippen molar-refractivity contribution in [3.8, 4) is 6.07 Å². The van der Waals surface area contributed by atoms with Crippen LogP contribution in [0.15, 0.2) is 35.1 Å². The molecule has 0 amide bonds. The van der Waals surface area contributed by atoms with Gasteiger partial charge in [-0.3, -0.25) is 0 Å². The molecule has 0 fully saturated rings. The smallest absolute Gasteiger partial charge is 0.145 e. The molecule has 1 aromatic carbocycles. The Kier molecular flexibility index (Phi) is 3.90. The Bertz CT molecular complexity index is 604. The molecule has 0 spiro atoms. The summed E-state index contributed by atoms with van der Waals surface area (Å²) in [6.07, 6.45) is 1.38. The third kappa shape index (κ3) is 3.05. The second-order valence-electron chi connectivity index (χ2n) is 3.82. The number of anilines is 1. The molecule has 1 N–H and O–H groups in total. The Labute approximate surface area is 114 Å². The summed E-state index contributed by atoms with van der Waals surface area (Å²) in [4.78, 5) is 7.89. The molecule has 0 saturated heterocycles. The fraction of sp³-hybridized carbons (Fsp3) is 0.154. The van der Waals surface area contributed by atoms with E-state index in [4.69, 9.17) is 5.26 Å². The maximum absolute atomic E-state index is 8.75. The SMILES string of the molecule is Cc1ccc(Br)cc1CNc1cc(C#N)ncn1. The zero-order valence-electron chi connectivity index (χ0n) is 9.81. The van der Waals surface area contributed by atoms with Crippen LogP contribution in [0.3, 0.4) is 0 Å². The van der Waals surface area contributed by atoms with Gasteiger partial charge in [-0.15, -0.1) is 0 Å². The van der Waals surface area contributed by atoms with Crippen LogP contribution < -0.4 is 5.32 Å². The van der Waals surface area contributed by atoms with Gasteiger partial charge in [-0.25, -0.2) is 9.97 Å². The lowest BCUT2D eigenvalue weighted by Crippen LogP contribution is -2.03. The topological polar surface area (TPSA) is 61.6 Å². The summed E-state index contributed by atoms with van der Waals surface area (Å²) in [5.74, 6) is 0.654. The fourth-order valence-corrected chi connectivity index (χ4v) is 1.94. The van der Waals surface area contributed by atoms with E-state index < -0.39 is 0 Å². The number of aryl methyl sites for hydroxylation is 1. The first kappa shape index (κ1) is 12.5. The highest BCUT2D eigenvalue weighted by Crippen LogP contribution is 2.17. The Balaban J connectivity index is 2.11. The molecule has 0 saturated carbocycles. The summed E-state index contributed by atoms with van der Waals surface area (Å²) in [7, 11) is 0. The zero-order valence-corrected chi connectivity index (χ0v) is 11.4. The minimum atomic E-state index is 0.360. The van der Waals surface area contributed by atoms with Crippen molar-refractivity contribution in [2.24, 2.45) is 0 Å². The highest BCUT2D eigenvalue weighted by atomic mass is 79.9. The molecule has 0 aliphatic carbocycles. The van der Waals surface area contributed by atoms with Crippen molar-refractivity contribution in [2.75, 3.05) is 5.32 Å². The van der Waals surface area contributed by atoms with Crippen LogP contribution in [0.1, 0.15) is 16.8 Å². The van der Waals surface area contributed by atoms with Gasteiger partial charge in [0.25, 0.3) is 0 Å². The van der Waals surface area contributed by atoms with Crippen LogP contribution in [0.4, 0.5) is 5.82 Å². The van der Waals surface area contributed by atoms with E-state index in [1.807, 2.05) is 12.1 Å². The van der Waals surface area contributed by atoms with Crippen LogP contribution in [0.2, 0.25) is 0 Å². The average molecular weight is 303 g/mol. The quantitative estimate of drug-likeness (QED) is 0.946. The lowest BCUT2D eigenvalue weighted by atomic mass is 10.1. The van der Waals surface area contributed by atoms with Crippen LogP contribution in [-0.4, -0.2) is 9.97 Å².